The van der Waals surface area contributed by atoms with Crippen LogP contribution in [0.25, 0.3) is 0 Å². The van der Waals surface area contributed by atoms with Crippen molar-refractivity contribution in [2.24, 2.45) is 0 Å². The Morgan fingerprint density at radius 3 is 3.00 bits per heavy atom. The van der Waals surface area contributed by atoms with E-state index in [0.717, 1.165) is 10.7 Å². The van der Waals surface area contributed by atoms with E-state index in [0.29, 0.717) is 12.4 Å². The van der Waals surface area contributed by atoms with Crippen molar-refractivity contribution in [1.29, 1.82) is 0 Å². The van der Waals surface area contributed by atoms with E-state index in [1.165, 1.54) is 0 Å². The molecule has 7 heteroatoms. The molecule has 100 valence electrons. The van der Waals surface area contributed by atoms with Gasteiger partial charge in [-0.15, -0.1) is 16.4 Å². The maximum absolute atomic E-state index is 11.6. The zero-order valence-electron chi connectivity index (χ0n) is 10.8. The molecule has 0 aliphatic carbocycles. The minimum Gasteiger partial charge on any atom is -0.337 e. The van der Waals surface area contributed by atoms with Crippen molar-refractivity contribution >= 4 is 23.2 Å². The van der Waals surface area contributed by atoms with Crippen molar-refractivity contribution < 1.29 is 4.79 Å². The standard InChI is InChI=1S/C12H15N5OS/c1-8(11-15-9(2)7-19-11)6-13-12(18)16-10-4-3-5-14-17-10/h3-5,7-8H,6H2,1-2H3,(H2,13,16,17,18). The Balaban J connectivity index is 1.80. The van der Waals surface area contributed by atoms with E-state index in [1.54, 1.807) is 29.7 Å². The monoisotopic (exact) mass is 277 g/mol. The third-order valence-corrected chi connectivity index (χ3v) is 3.64. The molecule has 0 saturated heterocycles. The highest BCUT2D eigenvalue weighted by Gasteiger charge is 2.11. The minimum absolute atomic E-state index is 0.186. The molecule has 0 bridgehead atoms. The molecule has 6 nitrogen and oxygen atoms in total. The Hall–Kier alpha value is -2.02. The third-order valence-electron chi connectivity index (χ3n) is 2.44. The van der Waals surface area contributed by atoms with Crippen LogP contribution in [0.5, 0.6) is 0 Å². The first-order chi connectivity index (χ1) is 9.15. The van der Waals surface area contributed by atoms with Gasteiger partial charge in [-0.1, -0.05) is 6.92 Å². The molecule has 1 unspecified atom stereocenters. The number of anilines is 1. The van der Waals surface area contributed by atoms with E-state index < -0.39 is 0 Å². The summed E-state index contributed by atoms with van der Waals surface area (Å²) < 4.78 is 0. The van der Waals surface area contributed by atoms with Crippen molar-refractivity contribution in [1.82, 2.24) is 20.5 Å². The molecule has 1 atom stereocenters. The Bertz CT molecular complexity index is 542. The van der Waals surface area contributed by atoms with Crippen LogP contribution in [-0.4, -0.2) is 27.8 Å². The molecule has 0 spiro atoms. The number of nitrogens with zero attached hydrogens (tertiary/aromatic N) is 3. The summed E-state index contributed by atoms with van der Waals surface area (Å²) in [5.74, 6) is 0.615. The van der Waals surface area contributed by atoms with Gasteiger partial charge < -0.3 is 5.32 Å². The van der Waals surface area contributed by atoms with Gasteiger partial charge in [0, 0.05) is 29.7 Å². The highest BCUT2D eigenvalue weighted by molar-refractivity contribution is 7.09. The first-order valence-corrected chi connectivity index (χ1v) is 6.77. The summed E-state index contributed by atoms with van der Waals surface area (Å²) in [4.78, 5) is 16.0. The van der Waals surface area contributed by atoms with Gasteiger partial charge in [0.2, 0.25) is 0 Å². The number of nitrogens with one attached hydrogen (secondary N) is 2. The van der Waals surface area contributed by atoms with E-state index in [-0.39, 0.29) is 11.9 Å². The van der Waals surface area contributed by atoms with Gasteiger partial charge in [-0.2, -0.15) is 5.10 Å². The quantitative estimate of drug-likeness (QED) is 0.897. The van der Waals surface area contributed by atoms with Crippen LogP contribution in [0, 0.1) is 6.92 Å². The second kappa shape index (κ2) is 6.24. The summed E-state index contributed by atoms with van der Waals surface area (Å²) in [5, 5.41) is 15.9. The lowest BCUT2D eigenvalue weighted by atomic mass is 10.2. The van der Waals surface area contributed by atoms with Gasteiger partial charge in [0.15, 0.2) is 5.82 Å². The fraction of sp³-hybridized carbons (Fsp3) is 0.333. The van der Waals surface area contributed by atoms with E-state index >= 15 is 0 Å². The van der Waals surface area contributed by atoms with Crippen LogP contribution in [0.4, 0.5) is 10.6 Å². The molecular weight excluding hydrogens is 262 g/mol. The highest BCUT2D eigenvalue weighted by Crippen LogP contribution is 2.18. The normalized spacial score (nSPS) is 11.9. The van der Waals surface area contributed by atoms with Crippen LogP contribution in [0.1, 0.15) is 23.5 Å². The van der Waals surface area contributed by atoms with Gasteiger partial charge in [0.1, 0.15) is 0 Å². The van der Waals surface area contributed by atoms with E-state index in [1.807, 2.05) is 19.2 Å². The van der Waals surface area contributed by atoms with Crippen molar-refractivity contribution in [2.75, 3.05) is 11.9 Å². The average Bonchev–Trinajstić information content (AvgIpc) is 2.84. The van der Waals surface area contributed by atoms with Gasteiger partial charge in [-0.3, -0.25) is 5.32 Å². The van der Waals surface area contributed by atoms with E-state index in [2.05, 4.69) is 25.8 Å². The topological polar surface area (TPSA) is 79.8 Å². The molecule has 0 radical (unpaired) electrons. The molecule has 2 amide bonds. The van der Waals surface area contributed by atoms with Crippen LogP contribution in [-0.2, 0) is 0 Å². The van der Waals surface area contributed by atoms with Crippen LogP contribution < -0.4 is 10.6 Å². The van der Waals surface area contributed by atoms with E-state index in [9.17, 15) is 4.79 Å². The number of aromatic nitrogens is 3. The zero-order valence-corrected chi connectivity index (χ0v) is 11.6. The van der Waals surface area contributed by atoms with Crippen molar-refractivity contribution in [3.8, 4) is 0 Å². The highest BCUT2D eigenvalue weighted by atomic mass is 32.1. The smallest absolute Gasteiger partial charge is 0.320 e. The number of carbonyl (C=O) groups is 1. The van der Waals surface area contributed by atoms with Crippen molar-refractivity contribution in [3.05, 3.63) is 34.4 Å². The van der Waals surface area contributed by atoms with Gasteiger partial charge in [-0.25, -0.2) is 9.78 Å². The summed E-state index contributed by atoms with van der Waals surface area (Å²) in [6.45, 7) is 4.51. The predicted octanol–water partition coefficient (Wildman–Crippen LogP) is 2.17. The number of aryl methyl sites for hydroxylation is 1. The average molecular weight is 277 g/mol. The molecule has 19 heavy (non-hydrogen) atoms. The van der Waals surface area contributed by atoms with Crippen LogP contribution >= 0.6 is 11.3 Å². The number of hydrogen-bond acceptors (Lipinski definition) is 5. The number of carbonyl (C=O) groups excluding carboxylic acids is 1. The first-order valence-electron chi connectivity index (χ1n) is 5.89. The molecule has 2 aromatic rings. The summed E-state index contributed by atoms with van der Waals surface area (Å²) in [7, 11) is 0. The largest absolute Gasteiger partial charge is 0.337 e. The predicted molar refractivity (Wildman–Crippen MR) is 74.3 cm³/mol. The molecule has 2 rings (SSSR count). The molecule has 2 N–H and O–H groups in total. The summed E-state index contributed by atoms with van der Waals surface area (Å²) in [6.07, 6.45) is 1.55. The number of amides is 2. The molecule has 0 fully saturated rings. The maximum atomic E-state index is 11.6. The fourth-order valence-corrected chi connectivity index (χ4v) is 2.32. The molecule has 0 aliphatic rings. The number of hydrogen-bond donors (Lipinski definition) is 2. The molecular formula is C12H15N5OS. The Morgan fingerprint density at radius 2 is 2.37 bits per heavy atom. The second-order valence-corrected chi connectivity index (χ2v) is 5.06. The second-order valence-electron chi connectivity index (χ2n) is 4.17. The van der Waals surface area contributed by atoms with Crippen molar-refractivity contribution in [2.45, 2.75) is 19.8 Å². The Morgan fingerprint density at radius 1 is 1.53 bits per heavy atom. The fourth-order valence-electron chi connectivity index (χ4n) is 1.46. The maximum Gasteiger partial charge on any atom is 0.320 e. The number of urea groups is 1. The van der Waals surface area contributed by atoms with Crippen molar-refractivity contribution in [3.63, 3.8) is 0 Å². The first kappa shape index (κ1) is 13.4. The summed E-state index contributed by atoms with van der Waals surface area (Å²) >= 11 is 1.61. The SMILES string of the molecule is Cc1csc(C(C)CNC(=O)Nc2cccnn2)n1. The van der Waals surface area contributed by atoms with Crippen LogP contribution in [0.2, 0.25) is 0 Å². The lowest BCUT2D eigenvalue weighted by molar-refractivity contribution is 0.251. The number of thiazole rings is 1. The van der Waals surface area contributed by atoms with Gasteiger partial charge in [0.05, 0.1) is 5.01 Å². The van der Waals surface area contributed by atoms with Crippen LogP contribution in [0.3, 0.4) is 0 Å². The molecule has 0 aromatic carbocycles. The molecule has 2 aromatic heterocycles. The lowest BCUT2D eigenvalue weighted by Crippen LogP contribution is -2.32. The van der Waals surface area contributed by atoms with Gasteiger partial charge in [0.25, 0.3) is 0 Å². The van der Waals surface area contributed by atoms with Gasteiger partial charge in [-0.05, 0) is 19.1 Å². The summed E-state index contributed by atoms with van der Waals surface area (Å²) in [5.41, 5.74) is 1.01. The minimum atomic E-state index is -0.291. The lowest BCUT2D eigenvalue weighted by Gasteiger charge is -2.10. The zero-order chi connectivity index (χ0) is 13.7. The van der Waals surface area contributed by atoms with E-state index in [4.69, 9.17) is 0 Å². The Kier molecular flexibility index (Phi) is 4.40. The van der Waals surface area contributed by atoms with Gasteiger partial charge >= 0.3 is 6.03 Å². The third kappa shape index (κ3) is 3.99. The molecule has 2 heterocycles. The molecule has 0 aliphatic heterocycles. The summed E-state index contributed by atoms with van der Waals surface area (Å²) in [6, 6.07) is 3.10. The number of rotatable bonds is 4. The Labute approximate surface area is 115 Å². The molecule has 0 saturated carbocycles. The van der Waals surface area contributed by atoms with Crippen LogP contribution in [0.15, 0.2) is 23.7 Å².